The van der Waals surface area contributed by atoms with Crippen LogP contribution in [0.4, 0.5) is 0 Å². The van der Waals surface area contributed by atoms with E-state index in [1.54, 1.807) is 20.8 Å². The highest BCUT2D eigenvalue weighted by Gasteiger charge is 2.59. The van der Waals surface area contributed by atoms with Crippen molar-refractivity contribution in [3.05, 3.63) is 12.2 Å². The second-order valence-electron chi connectivity index (χ2n) is 11.4. The SMILES string of the molecule is C[C@H](C=C[C@]1(O)C(C)(C)C[C@@H](O)C[C@@]1(C)O)O[C@@H]1O[C@H](CO)[C@@H](O)[C@H](O)[C@H]1O[C@@H]1OC[C@](O)(CO)[C@H]1O. The second kappa shape index (κ2) is 11.0. The Hall–Kier alpha value is -0.780. The summed E-state index contributed by atoms with van der Waals surface area (Å²) in [4.78, 5) is 0. The fraction of sp³-hybridized carbons (Fsp3) is 0.917. The first-order chi connectivity index (χ1) is 17.0. The average Bonchev–Trinajstić information content (AvgIpc) is 3.09. The molecule has 13 heteroatoms. The molecule has 1 aliphatic carbocycles. The summed E-state index contributed by atoms with van der Waals surface area (Å²) < 4.78 is 22.3. The highest BCUT2D eigenvalue weighted by atomic mass is 16.8. The Balaban J connectivity index is 1.79. The molecule has 3 rings (SSSR count). The molecule has 0 spiro atoms. The molecular formula is C24H42O13. The molecule has 12 atom stereocenters. The van der Waals surface area contributed by atoms with Gasteiger partial charge in [0, 0.05) is 11.8 Å². The predicted octanol–water partition coefficient (Wildman–Crippen LogP) is -3.12. The molecule has 1 saturated carbocycles. The fourth-order valence-electron chi connectivity index (χ4n) is 5.47. The standard InChI is InChI=1S/C24H42O13/c1-12(5-6-24(33)21(2,3)7-13(27)8-22(24,4)31)35-19-17(16(29)15(28)14(9-25)36-19)37-20-18(30)23(32,10-26)11-34-20/h5-6,12-20,25-33H,7-11H2,1-4H3/t12-,13-,14-,15-,16+,17-,18+,19-,20+,22-,23-,24+/m1/s1. The first-order valence-electron chi connectivity index (χ1n) is 12.4. The van der Waals surface area contributed by atoms with Gasteiger partial charge in [0.15, 0.2) is 12.6 Å². The van der Waals surface area contributed by atoms with E-state index < -0.39 is 97.3 Å². The van der Waals surface area contributed by atoms with E-state index in [1.165, 1.54) is 19.1 Å². The van der Waals surface area contributed by atoms with Gasteiger partial charge in [-0.2, -0.15) is 0 Å². The zero-order chi connectivity index (χ0) is 28.0. The van der Waals surface area contributed by atoms with Crippen LogP contribution < -0.4 is 0 Å². The summed E-state index contributed by atoms with van der Waals surface area (Å²) in [6.45, 7) is 4.54. The van der Waals surface area contributed by atoms with E-state index >= 15 is 0 Å². The minimum absolute atomic E-state index is 0.0413. The lowest BCUT2D eigenvalue weighted by Crippen LogP contribution is -2.65. The van der Waals surface area contributed by atoms with Gasteiger partial charge in [-0.1, -0.05) is 26.0 Å². The minimum Gasteiger partial charge on any atom is -0.394 e. The molecule has 0 aromatic carbocycles. The molecule has 9 N–H and O–H groups in total. The quantitative estimate of drug-likeness (QED) is 0.140. The number of aliphatic hydroxyl groups is 9. The summed E-state index contributed by atoms with van der Waals surface area (Å²) in [6.07, 6.45) is -9.09. The van der Waals surface area contributed by atoms with Crippen LogP contribution in [0, 0.1) is 5.41 Å². The van der Waals surface area contributed by atoms with Crippen molar-refractivity contribution in [1.29, 1.82) is 0 Å². The van der Waals surface area contributed by atoms with Crippen LogP contribution in [0.1, 0.15) is 40.5 Å². The Morgan fingerprint density at radius 2 is 1.62 bits per heavy atom. The van der Waals surface area contributed by atoms with Crippen LogP contribution >= 0.6 is 0 Å². The molecule has 0 amide bonds. The zero-order valence-electron chi connectivity index (χ0n) is 21.5. The van der Waals surface area contributed by atoms with Crippen LogP contribution in [-0.4, -0.2) is 138 Å². The van der Waals surface area contributed by atoms with E-state index in [0.29, 0.717) is 0 Å². The molecular weight excluding hydrogens is 496 g/mol. The third-order valence-corrected chi connectivity index (χ3v) is 7.88. The molecule has 3 fully saturated rings. The first-order valence-corrected chi connectivity index (χ1v) is 12.4. The molecule has 3 aliphatic rings. The van der Waals surface area contributed by atoms with E-state index in [1.807, 2.05) is 0 Å². The molecule has 13 nitrogen and oxygen atoms in total. The van der Waals surface area contributed by atoms with Crippen molar-refractivity contribution in [3.8, 4) is 0 Å². The number of aliphatic hydroxyl groups excluding tert-OH is 6. The normalized spacial score (nSPS) is 49.4. The van der Waals surface area contributed by atoms with Crippen molar-refractivity contribution in [2.75, 3.05) is 19.8 Å². The Labute approximate surface area is 215 Å². The van der Waals surface area contributed by atoms with Crippen LogP contribution in [0.15, 0.2) is 12.2 Å². The summed E-state index contributed by atoms with van der Waals surface area (Å²) in [5.74, 6) is 0. The Bertz CT molecular complexity index is 786. The lowest BCUT2D eigenvalue weighted by Gasteiger charge is -2.55. The molecule has 0 bridgehead atoms. The highest BCUT2D eigenvalue weighted by Crippen LogP contribution is 2.50. The monoisotopic (exact) mass is 538 g/mol. The van der Waals surface area contributed by atoms with Gasteiger partial charge in [0.25, 0.3) is 0 Å². The van der Waals surface area contributed by atoms with Crippen LogP contribution in [0.5, 0.6) is 0 Å². The fourth-order valence-corrected chi connectivity index (χ4v) is 5.47. The van der Waals surface area contributed by atoms with Gasteiger partial charge in [0.05, 0.1) is 37.6 Å². The van der Waals surface area contributed by atoms with Crippen molar-refractivity contribution >= 4 is 0 Å². The zero-order valence-corrected chi connectivity index (χ0v) is 21.5. The van der Waals surface area contributed by atoms with E-state index in [2.05, 4.69) is 0 Å². The maximum absolute atomic E-state index is 11.4. The van der Waals surface area contributed by atoms with Crippen molar-refractivity contribution in [1.82, 2.24) is 0 Å². The Kier molecular flexibility index (Phi) is 9.15. The number of ether oxygens (including phenoxy) is 4. The van der Waals surface area contributed by atoms with Crippen LogP contribution in [0.3, 0.4) is 0 Å². The molecule has 216 valence electrons. The average molecular weight is 539 g/mol. The smallest absolute Gasteiger partial charge is 0.187 e. The van der Waals surface area contributed by atoms with Crippen LogP contribution in [0.2, 0.25) is 0 Å². The molecule has 37 heavy (non-hydrogen) atoms. The Morgan fingerprint density at radius 3 is 2.16 bits per heavy atom. The number of hydrogen-bond donors (Lipinski definition) is 9. The van der Waals surface area contributed by atoms with Gasteiger partial charge in [-0.3, -0.25) is 0 Å². The molecule has 2 heterocycles. The minimum atomic E-state index is -1.99. The van der Waals surface area contributed by atoms with Crippen molar-refractivity contribution in [2.45, 2.75) is 113 Å². The summed E-state index contributed by atoms with van der Waals surface area (Å²) in [5, 5.41) is 93.0. The van der Waals surface area contributed by atoms with Gasteiger partial charge >= 0.3 is 0 Å². The Morgan fingerprint density at radius 1 is 0.973 bits per heavy atom. The topological polar surface area (TPSA) is 219 Å². The maximum atomic E-state index is 11.4. The van der Waals surface area contributed by atoms with Gasteiger partial charge in [0.2, 0.25) is 0 Å². The van der Waals surface area contributed by atoms with Gasteiger partial charge in [-0.25, -0.2) is 0 Å². The van der Waals surface area contributed by atoms with Crippen molar-refractivity contribution < 1.29 is 64.9 Å². The van der Waals surface area contributed by atoms with E-state index in [4.69, 9.17) is 18.9 Å². The summed E-state index contributed by atoms with van der Waals surface area (Å²) >= 11 is 0. The molecule has 2 aliphatic heterocycles. The lowest BCUT2D eigenvalue weighted by atomic mass is 9.57. The number of rotatable bonds is 8. The molecule has 2 saturated heterocycles. The highest BCUT2D eigenvalue weighted by molar-refractivity contribution is 5.21. The molecule has 0 unspecified atom stereocenters. The first kappa shape index (κ1) is 30.8. The van der Waals surface area contributed by atoms with Gasteiger partial charge in [0.1, 0.15) is 41.7 Å². The summed E-state index contributed by atoms with van der Waals surface area (Å²) in [5.41, 5.74) is -6.28. The second-order valence-corrected chi connectivity index (χ2v) is 11.4. The largest absolute Gasteiger partial charge is 0.394 e. The van der Waals surface area contributed by atoms with Crippen LogP contribution in [0.25, 0.3) is 0 Å². The van der Waals surface area contributed by atoms with Crippen LogP contribution in [-0.2, 0) is 18.9 Å². The third-order valence-electron chi connectivity index (χ3n) is 7.88. The lowest BCUT2D eigenvalue weighted by molar-refractivity contribution is -0.339. The van der Waals surface area contributed by atoms with E-state index in [0.717, 1.165) is 0 Å². The number of hydrogen-bond acceptors (Lipinski definition) is 13. The predicted molar refractivity (Wildman–Crippen MR) is 125 cm³/mol. The van der Waals surface area contributed by atoms with Gasteiger partial charge in [-0.15, -0.1) is 0 Å². The molecule has 0 aromatic rings. The molecule has 0 radical (unpaired) electrons. The van der Waals surface area contributed by atoms with Crippen molar-refractivity contribution in [3.63, 3.8) is 0 Å². The molecule has 0 aromatic heterocycles. The van der Waals surface area contributed by atoms with E-state index in [9.17, 15) is 46.0 Å². The maximum Gasteiger partial charge on any atom is 0.187 e. The third kappa shape index (κ3) is 5.75. The summed E-state index contributed by atoms with van der Waals surface area (Å²) in [7, 11) is 0. The van der Waals surface area contributed by atoms with Crippen molar-refractivity contribution in [2.24, 2.45) is 5.41 Å². The van der Waals surface area contributed by atoms with Gasteiger partial charge in [-0.05, 0) is 20.3 Å². The summed E-state index contributed by atoms with van der Waals surface area (Å²) in [6, 6.07) is 0. The van der Waals surface area contributed by atoms with E-state index in [-0.39, 0.29) is 12.8 Å². The van der Waals surface area contributed by atoms with Gasteiger partial charge < -0.3 is 64.9 Å².